The molecule has 0 heterocycles. The summed E-state index contributed by atoms with van der Waals surface area (Å²) in [6.45, 7) is 4.81. The van der Waals surface area contributed by atoms with Crippen LogP contribution in [0.5, 0.6) is 0 Å². The van der Waals surface area contributed by atoms with E-state index in [-0.39, 0.29) is 23.5 Å². The number of carbonyl (C=O) groups is 3. The molecular formula is C18H33NO3S. The predicted octanol–water partition coefficient (Wildman–Crippen LogP) is 3.77. The monoisotopic (exact) mass is 343 g/mol. The van der Waals surface area contributed by atoms with Gasteiger partial charge in [0.25, 0.3) is 0 Å². The van der Waals surface area contributed by atoms with Crippen LogP contribution in [0.15, 0.2) is 0 Å². The van der Waals surface area contributed by atoms with Gasteiger partial charge in [-0.05, 0) is 25.0 Å². The molecule has 0 aromatic carbocycles. The van der Waals surface area contributed by atoms with E-state index in [0.29, 0.717) is 6.54 Å². The summed E-state index contributed by atoms with van der Waals surface area (Å²) in [5.74, 6) is 1.01. The van der Waals surface area contributed by atoms with Crippen LogP contribution in [0.2, 0.25) is 0 Å². The second kappa shape index (κ2) is 16.0. The van der Waals surface area contributed by atoms with E-state index in [1.54, 1.807) is 11.8 Å². The van der Waals surface area contributed by atoms with E-state index in [4.69, 9.17) is 0 Å². The molecule has 0 spiro atoms. The molecule has 0 aromatic heterocycles. The third-order valence-electron chi connectivity index (χ3n) is 3.76. The predicted molar refractivity (Wildman–Crippen MR) is 97.8 cm³/mol. The summed E-state index contributed by atoms with van der Waals surface area (Å²) in [5, 5.41) is 2.66. The number of aldehydes is 2. The Kier molecular flexibility index (Phi) is 15.4. The molecule has 5 heteroatoms. The molecule has 0 rings (SSSR count). The first-order valence-corrected chi connectivity index (χ1v) is 9.97. The van der Waals surface area contributed by atoms with Crippen molar-refractivity contribution in [3.63, 3.8) is 0 Å². The summed E-state index contributed by atoms with van der Waals surface area (Å²) in [5.41, 5.74) is 0. The van der Waals surface area contributed by atoms with Crippen molar-refractivity contribution < 1.29 is 14.4 Å². The fourth-order valence-corrected chi connectivity index (χ4v) is 3.25. The van der Waals surface area contributed by atoms with Gasteiger partial charge >= 0.3 is 0 Å². The van der Waals surface area contributed by atoms with Crippen LogP contribution in [0.25, 0.3) is 0 Å². The van der Waals surface area contributed by atoms with Crippen LogP contribution in [0, 0.1) is 5.92 Å². The lowest BCUT2D eigenvalue weighted by Gasteiger charge is -2.10. The van der Waals surface area contributed by atoms with Crippen molar-refractivity contribution in [3.05, 3.63) is 0 Å². The van der Waals surface area contributed by atoms with Gasteiger partial charge in [0.1, 0.15) is 12.6 Å². The first-order chi connectivity index (χ1) is 11.1. The minimum atomic E-state index is -0.237. The van der Waals surface area contributed by atoms with Gasteiger partial charge in [-0.1, -0.05) is 46.0 Å². The molecule has 0 saturated heterocycles. The van der Waals surface area contributed by atoms with Crippen molar-refractivity contribution in [1.82, 2.24) is 5.32 Å². The van der Waals surface area contributed by atoms with E-state index >= 15 is 0 Å². The van der Waals surface area contributed by atoms with Crippen LogP contribution in [0.3, 0.4) is 0 Å². The molecule has 2 unspecified atom stereocenters. The van der Waals surface area contributed by atoms with Crippen LogP contribution in [-0.2, 0) is 14.4 Å². The number of carbonyl (C=O) groups excluding carboxylic acids is 3. The number of amides is 1. The molecule has 0 aliphatic rings. The molecular weight excluding hydrogens is 310 g/mol. The smallest absolute Gasteiger partial charge is 0.221 e. The molecule has 4 nitrogen and oxygen atoms in total. The average Bonchev–Trinajstić information content (AvgIpc) is 2.56. The standard InChI is InChI=1S/C18H33NO3S/c1-3-4-5-8-11-19-18(22)13-17(15-21)23-12-9-6-7-10-16(2)14-20/h14-17H,3-13H2,1-2H3,(H,19,22). The first-order valence-electron chi connectivity index (χ1n) is 8.92. The Labute approximate surface area is 145 Å². The summed E-state index contributed by atoms with van der Waals surface area (Å²) in [4.78, 5) is 33.3. The first kappa shape index (κ1) is 22.2. The lowest BCUT2D eigenvalue weighted by molar-refractivity contribution is -0.122. The van der Waals surface area contributed by atoms with Crippen molar-refractivity contribution in [2.24, 2.45) is 5.92 Å². The minimum absolute atomic E-state index is 0.0223. The van der Waals surface area contributed by atoms with Crippen LogP contribution in [0.1, 0.15) is 71.6 Å². The van der Waals surface area contributed by atoms with Crippen molar-refractivity contribution in [3.8, 4) is 0 Å². The third kappa shape index (κ3) is 14.5. The van der Waals surface area contributed by atoms with Crippen LogP contribution in [0.4, 0.5) is 0 Å². The van der Waals surface area contributed by atoms with Crippen molar-refractivity contribution in [2.45, 2.75) is 76.9 Å². The third-order valence-corrected chi connectivity index (χ3v) is 4.99. The lowest BCUT2D eigenvalue weighted by atomic mass is 10.1. The van der Waals surface area contributed by atoms with Crippen molar-refractivity contribution in [1.29, 1.82) is 0 Å². The van der Waals surface area contributed by atoms with Crippen LogP contribution < -0.4 is 5.32 Å². The van der Waals surface area contributed by atoms with Gasteiger partial charge in [0.2, 0.25) is 5.91 Å². The number of hydrogen-bond donors (Lipinski definition) is 1. The van der Waals surface area contributed by atoms with Gasteiger partial charge in [0.15, 0.2) is 0 Å². The zero-order chi connectivity index (χ0) is 17.3. The number of hydrogen-bond acceptors (Lipinski definition) is 4. The second-order valence-corrected chi connectivity index (χ2v) is 7.47. The van der Waals surface area contributed by atoms with E-state index in [9.17, 15) is 14.4 Å². The summed E-state index contributed by atoms with van der Waals surface area (Å²) < 4.78 is 0. The maximum Gasteiger partial charge on any atom is 0.221 e. The molecule has 0 aliphatic carbocycles. The quantitative estimate of drug-likeness (QED) is 0.342. The number of thioether (sulfide) groups is 1. The van der Waals surface area contributed by atoms with E-state index in [0.717, 1.165) is 56.9 Å². The fourth-order valence-electron chi connectivity index (χ4n) is 2.23. The van der Waals surface area contributed by atoms with Gasteiger partial charge in [0.05, 0.1) is 5.25 Å². The fraction of sp³-hybridized carbons (Fsp3) is 0.833. The molecule has 0 saturated carbocycles. The van der Waals surface area contributed by atoms with Gasteiger partial charge in [-0.2, -0.15) is 11.8 Å². The summed E-state index contributed by atoms with van der Waals surface area (Å²) in [6, 6.07) is 0. The summed E-state index contributed by atoms with van der Waals surface area (Å²) in [6.07, 6.45) is 10.8. The molecule has 1 N–H and O–H groups in total. The largest absolute Gasteiger partial charge is 0.356 e. The van der Waals surface area contributed by atoms with E-state index in [2.05, 4.69) is 12.2 Å². The Morgan fingerprint density at radius 3 is 2.43 bits per heavy atom. The second-order valence-electron chi connectivity index (χ2n) is 6.12. The number of nitrogens with one attached hydrogen (secondary N) is 1. The molecule has 134 valence electrons. The number of rotatable bonds is 16. The molecule has 0 bridgehead atoms. The topological polar surface area (TPSA) is 63.2 Å². The van der Waals surface area contributed by atoms with Gasteiger partial charge in [0, 0.05) is 18.9 Å². The zero-order valence-corrected chi connectivity index (χ0v) is 15.5. The lowest BCUT2D eigenvalue weighted by Crippen LogP contribution is -2.28. The average molecular weight is 344 g/mol. The van der Waals surface area contributed by atoms with Gasteiger partial charge in [-0.15, -0.1) is 0 Å². The Balaban J connectivity index is 3.62. The molecule has 0 aromatic rings. The molecule has 0 radical (unpaired) electrons. The van der Waals surface area contributed by atoms with Crippen LogP contribution >= 0.6 is 11.8 Å². The van der Waals surface area contributed by atoms with Crippen LogP contribution in [-0.4, -0.2) is 36.0 Å². The number of unbranched alkanes of at least 4 members (excludes halogenated alkanes) is 5. The van der Waals surface area contributed by atoms with E-state index in [1.165, 1.54) is 12.8 Å². The molecule has 0 fully saturated rings. The highest BCUT2D eigenvalue weighted by Gasteiger charge is 2.13. The van der Waals surface area contributed by atoms with Gasteiger partial charge in [-0.3, -0.25) is 4.79 Å². The highest BCUT2D eigenvalue weighted by molar-refractivity contribution is 8.00. The summed E-state index contributed by atoms with van der Waals surface area (Å²) >= 11 is 1.56. The van der Waals surface area contributed by atoms with E-state index in [1.807, 2.05) is 6.92 Å². The normalized spacial score (nSPS) is 13.3. The van der Waals surface area contributed by atoms with E-state index < -0.39 is 0 Å². The van der Waals surface area contributed by atoms with Gasteiger partial charge in [-0.25, -0.2) is 0 Å². The zero-order valence-electron chi connectivity index (χ0n) is 14.7. The highest BCUT2D eigenvalue weighted by Crippen LogP contribution is 2.16. The Bertz CT molecular complexity index is 323. The molecule has 0 aliphatic heterocycles. The van der Waals surface area contributed by atoms with Crippen molar-refractivity contribution >= 4 is 30.2 Å². The van der Waals surface area contributed by atoms with Crippen molar-refractivity contribution in [2.75, 3.05) is 12.3 Å². The SMILES string of the molecule is CCCCCCNC(=O)CC(C=O)SCCCCCC(C)C=O. The van der Waals surface area contributed by atoms with Gasteiger partial charge < -0.3 is 14.9 Å². The molecule has 1 amide bonds. The molecule has 2 atom stereocenters. The minimum Gasteiger partial charge on any atom is -0.356 e. The maximum atomic E-state index is 11.8. The summed E-state index contributed by atoms with van der Waals surface area (Å²) in [7, 11) is 0. The Hall–Kier alpha value is -0.840. The highest BCUT2D eigenvalue weighted by atomic mass is 32.2. The maximum absolute atomic E-state index is 11.8. The Morgan fingerprint density at radius 1 is 1.04 bits per heavy atom. The Morgan fingerprint density at radius 2 is 1.78 bits per heavy atom. The molecule has 23 heavy (non-hydrogen) atoms.